The number of fused-ring (bicyclic) bond motifs is 1. The van der Waals surface area contributed by atoms with E-state index >= 15 is 0 Å². The predicted molar refractivity (Wildman–Crippen MR) is 126 cm³/mol. The van der Waals surface area contributed by atoms with Crippen LogP contribution in [0.4, 0.5) is 22.0 Å². The molecule has 1 unspecified atom stereocenters. The summed E-state index contributed by atoms with van der Waals surface area (Å²) in [5.74, 6) is 0.286. The van der Waals surface area contributed by atoms with Crippen LogP contribution in [0.5, 0.6) is 0 Å². The number of aliphatic hydroxyl groups is 1. The molecule has 2 aromatic carbocycles. The number of carbonyl (C=O) groups is 2. The fourth-order valence-electron chi connectivity index (χ4n) is 4.34. The lowest BCUT2D eigenvalue weighted by molar-refractivity contribution is -0.152. The van der Waals surface area contributed by atoms with Crippen LogP contribution < -0.4 is 15.1 Å². The molecule has 168 valence electrons. The number of hydrogen-bond donors (Lipinski definition) is 2. The van der Waals surface area contributed by atoms with Crippen LogP contribution in [0.2, 0.25) is 5.02 Å². The Kier molecular flexibility index (Phi) is 5.39. The van der Waals surface area contributed by atoms with Gasteiger partial charge < -0.3 is 20.2 Å². The minimum Gasteiger partial charge on any atom is -0.359 e. The second-order valence-electron chi connectivity index (χ2n) is 7.93. The molecule has 1 fully saturated rings. The predicted octanol–water partition coefficient (Wildman–Crippen LogP) is 3.28. The number of halogens is 1. The first-order valence-electron chi connectivity index (χ1n) is 10.6. The average molecular weight is 464 g/mol. The highest BCUT2D eigenvalue weighted by molar-refractivity contribution is 6.30. The summed E-state index contributed by atoms with van der Waals surface area (Å²) in [5, 5.41) is 15.2. The van der Waals surface area contributed by atoms with E-state index in [-0.39, 0.29) is 0 Å². The Labute approximate surface area is 196 Å². The first-order chi connectivity index (χ1) is 16.0. The highest BCUT2D eigenvalue weighted by Crippen LogP contribution is 2.41. The van der Waals surface area contributed by atoms with Crippen molar-refractivity contribution in [2.45, 2.75) is 5.72 Å². The summed E-state index contributed by atoms with van der Waals surface area (Å²) in [7, 11) is 0. The number of rotatable bonds is 3. The van der Waals surface area contributed by atoms with E-state index in [0.717, 1.165) is 10.7 Å². The quantitative estimate of drug-likeness (QED) is 0.622. The Bertz CT molecular complexity index is 1180. The van der Waals surface area contributed by atoms with Gasteiger partial charge in [-0.15, -0.1) is 0 Å². The first kappa shape index (κ1) is 21.2. The maximum absolute atomic E-state index is 13.9. The van der Waals surface area contributed by atoms with Crippen LogP contribution in [0, 0.1) is 0 Å². The fourth-order valence-corrected chi connectivity index (χ4v) is 4.47. The van der Waals surface area contributed by atoms with Crippen LogP contribution in [-0.2, 0) is 10.5 Å². The van der Waals surface area contributed by atoms with E-state index in [2.05, 4.69) is 15.2 Å². The normalized spacial score (nSPS) is 20.3. The Morgan fingerprint density at radius 2 is 1.67 bits per heavy atom. The average Bonchev–Trinajstić information content (AvgIpc) is 2.85. The number of pyridine rings is 1. The molecule has 9 heteroatoms. The van der Waals surface area contributed by atoms with Gasteiger partial charge in [0.05, 0.1) is 5.69 Å². The van der Waals surface area contributed by atoms with Crippen molar-refractivity contribution in [2.75, 3.05) is 41.3 Å². The van der Waals surface area contributed by atoms with Crippen LogP contribution in [0.3, 0.4) is 0 Å². The van der Waals surface area contributed by atoms with Crippen LogP contribution >= 0.6 is 11.6 Å². The van der Waals surface area contributed by atoms with Crippen molar-refractivity contribution >= 4 is 40.7 Å². The van der Waals surface area contributed by atoms with Gasteiger partial charge in [-0.3, -0.25) is 9.69 Å². The number of hydrogen-bond acceptors (Lipinski definition) is 5. The Hall–Kier alpha value is -3.62. The number of nitrogens with one attached hydrogen (secondary N) is 1. The van der Waals surface area contributed by atoms with Crippen LogP contribution in [0.25, 0.3) is 0 Å². The number of nitrogens with zero attached hydrogens (tertiary/aromatic N) is 4. The molecule has 3 amide bonds. The molecule has 8 nitrogen and oxygen atoms in total. The van der Waals surface area contributed by atoms with Gasteiger partial charge in [0.25, 0.3) is 11.6 Å². The molecule has 2 aliphatic rings. The molecule has 33 heavy (non-hydrogen) atoms. The maximum Gasteiger partial charge on any atom is 0.329 e. The molecule has 5 rings (SSSR count). The van der Waals surface area contributed by atoms with E-state index in [9.17, 15) is 14.7 Å². The molecule has 0 spiro atoms. The molecule has 3 aromatic rings. The molecule has 2 N–H and O–H groups in total. The highest BCUT2D eigenvalue weighted by Gasteiger charge is 2.53. The van der Waals surface area contributed by atoms with Gasteiger partial charge in [0.2, 0.25) is 0 Å². The molecular formula is C24H22ClN5O3. The SMILES string of the molecule is O=C1Nc2ccccc2C(O)(C(=O)N2CCN(c3ccccn3)CC2)N1c1ccc(Cl)cc1. The summed E-state index contributed by atoms with van der Waals surface area (Å²) in [6.07, 6.45) is 1.73. The van der Waals surface area contributed by atoms with Gasteiger partial charge in [-0.1, -0.05) is 35.9 Å². The van der Waals surface area contributed by atoms with Gasteiger partial charge in [0.1, 0.15) is 5.82 Å². The van der Waals surface area contributed by atoms with E-state index in [4.69, 9.17) is 11.6 Å². The van der Waals surface area contributed by atoms with Crippen molar-refractivity contribution in [3.63, 3.8) is 0 Å². The molecule has 0 radical (unpaired) electrons. The van der Waals surface area contributed by atoms with Crippen molar-refractivity contribution in [2.24, 2.45) is 0 Å². The third kappa shape index (κ3) is 3.67. The molecule has 3 heterocycles. The largest absolute Gasteiger partial charge is 0.359 e. The second-order valence-corrected chi connectivity index (χ2v) is 8.36. The highest BCUT2D eigenvalue weighted by atomic mass is 35.5. The summed E-state index contributed by atoms with van der Waals surface area (Å²) in [5.41, 5.74) is -1.14. The van der Waals surface area contributed by atoms with E-state index in [1.807, 2.05) is 18.2 Å². The number of anilines is 3. The number of carbonyl (C=O) groups excluding carboxylic acids is 2. The Balaban J connectivity index is 1.49. The smallest absolute Gasteiger partial charge is 0.329 e. The van der Waals surface area contributed by atoms with E-state index in [1.54, 1.807) is 59.6 Å². The van der Waals surface area contributed by atoms with E-state index in [0.29, 0.717) is 48.1 Å². The summed E-state index contributed by atoms with van der Waals surface area (Å²) >= 11 is 6.02. The molecule has 2 aliphatic heterocycles. The Morgan fingerprint density at radius 3 is 2.36 bits per heavy atom. The lowest BCUT2D eigenvalue weighted by Gasteiger charge is -2.46. The van der Waals surface area contributed by atoms with Crippen LogP contribution in [0.15, 0.2) is 72.9 Å². The lowest BCUT2D eigenvalue weighted by Crippen LogP contribution is -2.65. The minimum absolute atomic E-state index is 0.316. The second kappa shape index (κ2) is 8.38. The van der Waals surface area contributed by atoms with Gasteiger partial charge in [-0.2, -0.15) is 0 Å². The number of urea groups is 1. The van der Waals surface area contributed by atoms with Gasteiger partial charge in [-0.25, -0.2) is 9.78 Å². The molecule has 1 saturated heterocycles. The van der Waals surface area contributed by atoms with Crippen molar-refractivity contribution in [1.29, 1.82) is 0 Å². The van der Waals surface area contributed by atoms with Gasteiger partial charge in [0.15, 0.2) is 0 Å². The third-order valence-corrected chi connectivity index (χ3v) is 6.25. The Morgan fingerprint density at radius 1 is 0.970 bits per heavy atom. The van der Waals surface area contributed by atoms with Crippen molar-refractivity contribution in [1.82, 2.24) is 9.88 Å². The summed E-state index contributed by atoms with van der Waals surface area (Å²) in [6, 6.07) is 18.3. The van der Waals surface area contributed by atoms with E-state index in [1.165, 1.54) is 0 Å². The van der Waals surface area contributed by atoms with E-state index < -0.39 is 17.7 Å². The summed E-state index contributed by atoms with van der Waals surface area (Å²) < 4.78 is 0. The summed E-state index contributed by atoms with van der Waals surface area (Å²) in [4.78, 5) is 36.1. The number of para-hydroxylation sites is 1. The molecule has 0 bridgehead atoms. The van der Waals surface area contributed by atoms with Gasteiger partial charge >= 0.3 is 6.03 Å². The molecular weight excluding hydrogens is 442 g/mol. The number of aromatic nitrogens is 1. The standard InChI is InChI=1S/C24H22ClN5O3/c25-17-8-10-18(11-9-17)30-23(32)27-20-6-2-1-5-19(20)24(30,33)22(31)29-15-13-28(14-16-29)21-7-3-4-12-26-21/h1-12,33H,13-16H2,(H,27,32). The monoisotopic (exact) mass is 463 g/mol. The zero-order valence-corrected chi connectivity index (χ0v) is 18.4. The molecule has 0 aliphatic carbocycles. The molecule has 1 aromatic heterocycles. The fraction of sp³-hybridized carbons (Fsp3) is 0.208. The topological polar surface area (TPSA) is 89.0 Å². The summed E-state index contributed by atoms with van der Waals surface area (Å²) in [6.45, 7) is 1.90. The maximum atomic E-state index is 13.9. The first-order valence-corrected chi connectivity index (χ1v) is 11.0. The zero-order valence-electron chi connectivity index (χ0n) is 17.7. The number of benzene rings is 2. The molecule has 0 saturated carbocycles. The van der Waals surface area contributed by atoms with Crippen LogP contribution in [-0.4, -0.2) is 53.1 Å². The minimum atomic E-state index is -2.21. The lowest BCUT2D eigenvalue weighted by atomic mass is 9.94. The number of piperazine rings is 1. The van der Waals surface area contributed by atoms with Crippen molar-refractivity contribution in [3.05, 3.63) is 83.5 Å². The van der Waals surface area contributed by atoms with Crippen molar-refractivity contribution in [3.8, 4) is 0 Å². The van der Waals surface area contributed by atoms with Gasteiger partial charge in [-0.05, 0) is 42.5 Å². The van der Waals surface area contributed by atoms with Gasteiger partial charge in [0, 0.05) is 48.6 Å². The van der Waals surface area contributed by atoms with Crippen molar-refractivity contribution < 1.29 is 14.7 Å². The van der Waals surface area contributed by atoms with Crippen LogP contribution in [0.1, 0.15) is 5.56 Å². The third-order valence-electron chi connectivity index (χ3n) is 5.99. The zero-order chi connectivity index (χ0) is 23.0. The number of amides is 3. The molecule has 1 atom stereocenters.